The van der Waals surface area contributed by atoms with Crippen molar-refractivity contribution in [2.75, 3.05) is 26.2 Å². The molecule has 4 rings (SSSR count). The lowest BCUT2D eigenvalue weighted by atomic mass is 9.62. The summed E-state index contributed by atoms with van der Waals surface area (Å²) in [5, 5.41) is 32.8. The molecule has 1 fully saturated rings. The summed E-state index contributed by atoms with van der Waals surface area (Å²) in [5.41, 5.74) is 1.29. The molecule has 1 aliphatic heterocycles. The summed E-state index contributed by atoms with van der Waals surface area (Å²) in [6.07, 6.45) is 3.33. The highest BCUT2D eigenvalue weighted by atomic mass is 16.3. The lowest BCUT2D eigenvalue weighted by Crippen LogP contribution is -2.65. The van der Waals surface area contributed by atoms with Gasteiger partial charge >= 0.3 is 0 Å². The van der Waals surface area contributed by atoms with Crippen LogP contribution in [0.25, 0.3) is 0 Å². The first-order chi connectivity index (χ1) is 17.5. The molecule has 0 spiro atoms. The summed E-state index contributed by atoms with van der Waals surface area (Å²) < 4.78 is 0. The van der Waals surface area contributed by atoms with Crippen LogP contribution in [0.3, 0.4) is 0 Å². The third-order valence-corrected chi connectivity index (χ3v) is 7.42. The molecule has 3 N–H and O–H groups in total. The van der Waals surface area contributed by atoms with E-state index in [0.29, 0.717) is 42.4 Å². The molecule has 1 aromatic carbocycles. The quantitative estimate of drug-likeness (QED) is 0.430. The largest absolute Gasteiger partial charge is 0.395 e. The Hall–Kier alpha value is -3.08. The van der Waals surface area contributed by atoms with Crippen LogP contribution in [0.1, 0.15) is 67.3 Å². The fraction of sp³-hybridized carbons (Fsp3) is 0.419. The van der Waals surface area contributed by atoms with Crippen LogP contribution < -0.4 is 0 Å². The molecular formula is C31H37N3O3. The van der Waals surface area contributed by atoms with Crippen molar-refractivity contribution in [2.45, 2.75) is 51.7 Å². The van der Waals surface area contributed by atoms with Gasteiger partial charge in [0.05, 0.1) is 12.3 Å². The molecule has 2 atom stereocenters. The highest BCUT2D eigenvalue weighted by Gasteiger charge is 2.56. The Kier molecular flexibility index (Phi) is 7.55. The molecule has 0 bridgehead atoms. The van der Waals surface area contributed by atoms with Crippen molar-refractivity contribution in [3.8, 4) is 11.8 Å². The number of β-amino-alcohol motifs (C(OH)–C–C–N with tert-alkyl or cyclic N) is 1. The van der Waals surface area contributed by atoms with Gasteiger partial charge in [-0.25, -0.2) is 0 Å². The third-order valence-electron chi connectivity index (χ3n) is 7.42. The van der Waals surface area contributed by atoms with Crippen molar-refractivity contribution in [3.05, 3.63) is 94.6 Å². The zero-order chi connectivity index (χ0) is 26.8. The smallest absolute Gasteiger partial charge is 0.165 e. The Morgan fingerprint density at radius 2 is 1.76 bits per heavy atom. The number of aryl methyl sites for hydroxylation is 1. The molecule has 37 heavy (non-hydrogen) atoms. The number of benzene rings is 1. The summed E-state index contributed by atoms with van der Waals surface area (Å²) in [6.45, 7) is 11.8. The minimum absolute atomic E-state index is 0.0833. The maximum atomic E-state index is 12.5. The molecule has 0 saturated carbocycles. The molecule has 1 saturated heterocycles. The van der Waals surface area contributed by atoms with Gasteiger partial charge in [0.25, 0.3) is 0 Å². The number of hydrogen-bond donors (Lipinski definition) is 3. The van der Waals surface area contributed by atoms with Crippen LogP contribution in [0, 0.1) is 24.2 Å². The molecule has 194 valence electrons. The number of nitrogens with zero attached hydrogens (tertiary/aromatic N) is 3. The van der Waals surface area contributed by atoms with E-state index in [1.54, 1.807) is 25.4 Å². The highest BCUT2D eigenvalue weighted by molar-refractivity contribution is 5.45. The second-order valence-electron chi connectivity index (χ2n) is 10.9. The summed E-state index contributed by atoms with van der Waals surface area (Å²) >= 11 is 0. The van der Waals surface area contributed by atoms with Gasteiger partial charge in [-0.15, -0.1) is 0 Å². The van der Waals surface area contributed by atoms with E-state index in [1.165, 1.54) is 5.56 Å². The third kappa shape index (κ3) is 5.32. The Morgan fingerprint density at radius 3 is 2.38 bits per heavy atom. The molecule has 1 aliphatic rings. The fourth-order valence-electron chi connectivity index (χ4n) is 5.22. The first-order valence-corrected chi connectivity index (χ1v) is 12.8. The SMILES string of the molecule is Cc1cccc(C(C)(O)C#Cc2cncc([C@@](O)(c3ccc(C(C)C)cc3)C3(C)CN(CCO)C3)c2)n1. The van der Waals surface area contributed by atoms with E-state index >= 15 is 0 Å². The van der Waals surface area contributed by atoms with Crippen molar-refractivity contribution in [3.63, 3.8) is 0 Å². The van der Waals surface area contributed by atoms with Gasteiger partial charge in [-0.1, -0.05) is 62.9 Å². The normalized spacial score (nSPS) is 18.3. The average Bonchev–Trinajstić information content (AvgIpc) is 2.86. The fourth-order valence-corrected chi connectivity index (χ4v) is 5.22. The van der Waals surface area contributed by atoms with Gasteiger partial charge in [0.2, 0.25) is 0 Å². The molecule has 3 aromatic rings. The predicted molar refractivity (Wildman–Crippen MR) is 145 cm³/mol. The van der Waals surface area contributed by atoms with E-state index in [0.717, 1.165) is 11.3 Å². The minimum Gasteiger partial charge on any atom is -0.395 e. The van der Waals surface area contributed by atoms with Crippen molar-refractivity contribution in [1.82, 2.24) is 14.9 Å². The molecule has 6 nitrogen and oxygen atoms in total. The second-order valence-corrected chi connectivity index (χ2v) is 10.9. The molecule has 3 heterocycles. The lowest BCUT2D eigenvalue weighted by molar-refractivity contribution is -0.137. The van der Waals surface area contributed by atoms with E-state index in [2.05, 4.69) is 59.6 Å². The molecule has 1 unspecified atom stereocenters. The first-order valence-electron chi connectivity index (χ1n) is 12.8. The number of hydrogen-bond acceptors (Lipinski definition) is 6. The zero-order valence-electron chi connectivity index (χ0n) is 22.4. The summed E-state index contributed by atoms with van der Waals surface area (Å²) in [5.74, 6) is 6.37. The van der Waals surface area contributed by atoms with E-state index < -0.39 is 16.6 Å². The van der Waals surface area contributed by atoms with Crippen LogP contribution in [-0.2, 0) is 11.2 Å². The van der Waals surface area contributed by atoms with Gasteiger partial charge in [0.1, 0.15) is 5.60 Å². The topological polar surface area (TPSA) is 89.7 Å². The van der Waals surface area contributed by atoms with Crippen LogP contribution in [-0.4, -0.2) is 56.4 Å². The number of likely N-dealkylation sites (tertiary alicyclic amines) is 1. The number of rotatable bonds is 7. The average molecular weight is 500 g/mol. The van der Waals surface area contributed by atoms with Crippen molar-refractivity contribution < 1.29 is 15.3 Å². The van der Waals surface area contributed by atoms with Gasteiger partial charge < -0.3 is 15.3 Å². The van der Waals surface area contributed by atoms with Gasteiger partial charge in [-0.3, -0.25) is 14.9 Å². The predicted octanol–water partition coefficient (Wildman–Crippen LogP) is 3.72. The van der Waals surface area contributed by atoms with Crippen LogP contribution in [0.4, 0.5) is 0 Å². The second kappa shape index (κ2) is 10.4. The van der Waals surface area contributed by atoms with E-state index in [4.69, 9.17) is 0 Å². The van der Waals surface area contributed by atoms with Gasteiger partial charge in [0, 0.05) is 54.3 Å². The Labute approximate surface area is 220 Å². The van der Waals surface area contributed by atoms with Crippen LogP contribution >= 0.6 is 0 Å². The molecular weight excluding hydrogens is 462 g/mol. The highest BCUT2D eigenvalue weighted by Crippen LogP contribution is 2.50. The monoisotopic (exact) mass is 499 g/mol. The molecule has 0 amide bonds. The number of pyridine rings is 2. The molecule has 0 aliphatic carbocycles. The summed E-state index contributed by atoms with van der Waals surface area (Å²) in [6, 6.07) is 15.5. The van der Waals surface area contributed by atoms with Crippen molar-refractivity contribution in [1.29, 1.82) is 0 Å². The maximum Gasteiger partial charge on any atom is 0.165 e. The lowest BCUT2D eigenvalue weighted by Gasteiger charge is -2.56. The number of aromatic nitrogens is 2. The van der Waals surface area contributed by atoms with E-state index in [9.17, 15) is 15.3 Å². The zero-order valence-corrected chi connectivity index (χ0v) is 22.4. The standard InChI is InChI=1S/C31H37N3O3/c1-22(2)25-9-11-26(12-10-25)31(37,29(4)20-34(21-29)15-16-35)27-17-24(18-32-19-27)13-14-30(5,36)28-8-6-7-23(3)33-28/h6-12,17-19,22,35-37H,15-16,20-21H2,1-5H3/t30?,31-/m0/s1. The van der Waals surface area contributed by atoms with Crippen molar-refractivity contribution in [2.24, 2.45) is 5.41 Å². The summed E-state index contributed by atoms with van der Waals surface area (Å²) in [4.78, 5) is 11.0. The van der Waals surface area contributed by atoms with Gasteiger partial charge in [0.15, 0.2) is 5.60 Å². The van der Waals surface area contributed by atoms with Gasteiger partial charge in [-0.2, -0.15) is 0 Å². The molecule has 6 heteroatoms. The Morgan fingerprint density at radius 1 is 1.05 bits per heavy atom. The number of aliphatic hydroxyl groups is 3. The van der Waals surface area contributed by atoms with Crippen LogP contribution in [0.2, 0.25) is 0 Å². The van der Waals surface area contributed by atoms with E-state index in [-0.39, 0.29) is 6.61 Å². The van der Waals surface area contributed by atoms with Gasteiger partial charge in [-0.05, 0) is 49.1 Å². The number of aliphatic hydroxyl groups excluding tert-OH is 1. The molecule has 2 aromatic heterocycles. The van der Waals surface area contributed by atoms with Crippen LogP contribution in [0.5, 0.6) is 0 Å². The Balaban J connectivity index is 1.74. The summed E-state index contributed by atoms with van der Waals surface area (Å²) in [7, 11) is 0. The minimum atomic E-state index is -1.43. The Bertz CT molecular complexity index is 1300. The van der Waals surface area contributed by atoms with Crippen molar-refractivity contribution >= 4 is 0 Å². The maximum absolute atomic E-state index is 12.5. The van der Waals surface area contributed by atoms with E-state index in [1.807, 2.05) is 37.3 Å². The first kappa shape index (κ1) is 27.0. The van der Waals surface area contributed by atoms with Crippen LogP contribution in [0.15, 0.2) is 60.9 Å². The molecule has 0 radical (unpaired) electrons.